The Kier molecular flexibility index (Phi) is 9.17. The number of nitrogens with two attached hydrogens (primary N) is 2. The summed E-state index contributed by atoms with van der Waals surface area (Å²) in [6.07, 6.45) is 0. The topological polar surface area (TPSA) is 207 Å². The minimum absolute atomic E-state index is 0.00796. The number of benzene rings is 4. The molecule has 0 aliphatic heterocycles. The normalized spacial score (nSPS) is 12.2. The third-order valence-electron chi connectivity index (χ3n) is 5.94. The van der Waals surface area contributed by atoms with Crippen LogP contribution in [0.5, 0.6) is 0 Å². The van der Waals surface area contributed by atoms with Crippen LogP contribution in [-0.2, 0) is 25.8 Å². The summed E-state index contributed by atoms with van der Waals surface area (Å²) in [6, 6.07) is 26.2. The second-order valence-corrected chi connectivity index (χ2v) is 13.5. The summed E-state index contributed by atoms with van der Waals surface area (Å²) < 4.78 is 53.4. The van der Waals surface area contributed by atoms with Gasteiger partial charge in [-0.1, -0.05) is 60.7 Å². The Hall–Kier alpha value is -4.48. The van der Waals surface area contributed by atoms with Crippen molar-refractivity contribution in [2.75, 3.05) is 10.7 Å². The van der Waals surface area contributed by atoms with Crippen molar-refractivity contribution < 1.29 is 16.8 Å². The highest BCUT2D eigenvalue weighted by molar-refractivity contribution is 7.99. The Bertz CT molecular complexity index is 2090. The molecule has 7 N–H and O–H groups in total. The molecule has 17 heteroatoms. The maximum Gasteiger partial charge on any atom is 0.286 e. The fourth-order valence-electron chi connectivity index (χ4n) is 4.02. The van der Waals surface area contributed by atoms with Gasteiger partial charge in [0, 0.05) is 16.3 Å². The summed E-state index contributed by atoms with van der Waals surface area (Å²) in [4.78, 5) is 12.3. The summed E-state index contributed by atoms with van der Waals surface area (Å²) in [5.41, 5.74) is 12.2. The zero-order valence-corrected chi connectivity index (χ0v) is 25.8. The zero-order chi connectivity index (χ0) is 31.3. The number of anilines is 3. The van der Waals surface area contributed by atoms with Crippen molar-refractivity contribution in [1.82, 2.24) is 20.4 Å². The van der Waals surface area contributed by atoms with Crippen LogP contribution in [0.2, 0.25) is 5.28 Å². The monoisotopic (exact) mass is 669 g/mol. The van der Waals surface area contributed by atoms with Crippen molar-refractivity contribution >= 4 is 77.7 Å². The van der Waals surface area contributed by atoms with Crippen LogP contribution in [0.1, 0.15) is 5.56 Å². The number of nitrogens with one attached hydrogen (secondary N) is 3. The van der Waals surface area contributed by atoms with E-state index in [1.165, 1.54) is 36.0 Å². The zero-order valence-electron chi connectivity index (χ0n) is 22.5. The van der Waals surface area contributed by atoms with E-state index in [0.29, 0.717) is 16.3 Å². The summed E-state index contributed by atoms with van der Waals surface area (Å²) in [6.45, 7) is 0. The first-order valence-corrected chi connectivity index (χ1v) is 17.0. The van der Waals surface area contributed by atoms with Crippen molar-refractivity contribution in [3.63, 3.8) is 0 Å². The average molecular weight is 670 g/mol. The summed E-state index contributed by atoms with van der Waals surface area (Å²) in [5.74, 6) is -0.154. The molecule has 5 aromatic rings. The van der Waals surface area contributed by atoms with E-state index in [1.807, 2.05) is 42.5 Å². The number of hydrogen-bond donors (Lipinski definition) is 5. The number of hydrogen-bond acceptors (Lipinski definition) is 10. The lowest BCUT2D eigenvalue weighted by Gasteiger charge is -2.11. The summed E-state index contributed by atoms with van der Waals surface area (Å²) in [7, 11) is -8.16. The molecular formula is C27H24ClN9O4S3. The minimum atomic E-state index is -4.23. The maximum atomic E-state index is 13.2. The van der Waals surface area contributed by atoms with Gasteiger partial charge in [-0.05, 0) is 58.3 Å². The molecule has 0 aliphatic rings. The molecule has 4 aromatic carbocycles. The number of rotatable bonds is 10. The molecule has 0 saturated heterocycles. The largest absolute Gasteiger partial charge is 0.368 e. The smallest absolute Gasteiger partial charge is 0.286 e. The molecular weight excluding hydrogens is 646 g/mol. The molecule has 0 aliphatic carbocycles. The second-order valence-electron chi connectivity index (χ2n) is 9.02. The van der Waals surface area contributed by atoms with E-state index >= 15 is 0 Å². The lowest BCUT2D eigenvalue weighted by atomic mass is 10.1. The van der Waals surface area contributed by atoms with E-state index in [1.54, 1.807) is 24.3 Å². The first-order valence-electron chi connectivity index (χ1n) is 12.6. The van der Waals surface area contributed by atoms with Gasteiger partial charge in [0.2, 0.25) is 33.2 Å². The number of halogens is 1. The van der Waals surface area contributed by atoms with Gasteiger partial charge < -0.3 is 11.1 Å². The van der Waals surface area contributed by atoms with Crippen molar-refractivity contribution in [3.05, 3.63) is 102 Å². The van der Waals surface area contributed by atoms with Gasteiger partial charge >= 0.3 is 0 Å². The predicted molar refractivity (Wildman–Crippen MR) is 171 cm³/mol. The van der Waals surface area contributed by atoms with Crippen molar-refractivity contribution in [3.8, 4) is 0 Å². The molecule has 1 aromatic heterocycles. The number of hydrazine groups is 1. The van der Waals surface area contributed by atoms with E-state index in [4.69, 9.17) is 22.5 Å². The fraction of sp³-hybridized carbons (Fsp3) is 0.0370. The quantitative estimate of drug-likeness (QED) is 0.0619. The van der Waals surface area contributed by atoms with Gasteiger partial charge in [-0.2, -0.15) is 23.4 Å². The standard InChI is InChI=1S/C27H24ClN9O4S3/c28-24-32-26(31-19-10-6-11-20(15-19)43(30,38)39)34-27(33-24)36-35-25(29)37-44(40,41)23-14-4-3-13-22(23)42-16-18-9-5-8-17-7-1-2-12-21(17)18/h1-15H,16H2,(H3,29,35,37)(H2,30,38,39)(H2,31,32,33,34,36). The Morgan fingerprint density at radius 1 is 0.864 bits per heavy atom. The Balaban J connectivity index is 1.29. The predicted octanol–water partition coefficient (Wildman–Crippen LogP) is 3.98. The van der Waals surface area contributed by atoms with Crippen molar-refractivity contribution in [2.45, 2.75) is 20.4 Å². The Labute approximate surface area is 262 Å². The van der Waals surface area contributed by atoms with Gasteiger partial charge in [-0.25, -0.2) is 13.6 Å². The number of primary sulfonamides is 1. The molecule has 5 rings (SSSR count). The molecule has 0 fully saturated rings. The highest BCUT2D eigenvalue weighted by atomic mass is 35.5. The summed E-state index contributed by atoms with van der Waals surface area (Å²) >= 11 is 7.37. The van der Waals surface area contributed by atoms with Gasteiger partial charge in [0.15, 0.2) is 0 Å². The molecule has 13 nitrogen and oxygen atoms in total. The molecule has 1 heterocycles. The first-order chi connectivity index (χ1) is 21.0. The van der Waals surface area contributed by atoms with Gasteiger partial charge in [0.25, 0.3) is 10.0 Å². The number of thioether (sulfide) groups is 1. The number of guanidine groups is 1. The van der Waals surface area contributed by atoms with Crippen molar-refractivity contribution in [1.29, 1.82) is 0 Å². The molecule has 44 heavy (non-hydrogen) atoms. The third kappa shape index (κ3) is 7.72. The average Bonchev–Trinajstić information content (AvgIpc) is 2.98. The Morgan fingerprint density at radius 3 is 2.39 bits per heavy atom. The van der Waals surface area contributed by atoms with Crippen LogP contribution in [0.3, 0.4) is 0 Å². The number of aromatic nitrogens is 3. The van der Waals surface area contributed by atoms with E-state index < -0.39 is 26.0 Å². The van der Waals surface area contributed by atoms with Crippen LogP contribution in [0, 0.1) is 0 Å². The highest BCUT2D eigenvalue weighted by Gasteiger charge is 2.19. The van der Waals surface area contributed by atoms with Crippen LogP contribution in [0.15, 0.2) is 110 Å². The highest BCUT2D eigenvalue weighted by Crippen LogP contribution is 2.32. The Morgan fingerprint density at radius 2 is 1.57 bits per heavy atom. The molecule has 0 saturated carbocycles. The van der Waals surface area contributed by atoms with Crippen molar-refractivity contribution in [2.24, 2.45) is 15.3 Å². The SMILES string of the molecule is NC(=NS(=O)(=O)c1ccccc1SCc1cccc2ccccc12)NNc1nc(Cl)nc(Nc2cccc(S(N)(=O)=O)c2)n1. The fourth-order valence-corrected chi connectivity index (χ4v) is 7.16. The van der Waals surface area contributed by atoms with E-state index in [2.05, 4.69) is 35.5 Å². The van der Waals surface area contributed by atoms with E-state index in [-0.39, 0.29) is 27.0 Å². The third-order valence-corrected chi connectivity index (χ3v) is 9.62. The minimum Gasteiger partial charge on any atom is -0.368 e. The van der Waals surface area contributed by atoms with Gasteiger partial charge in [0.1, 0.15) is 4.90 Å². The van der Waals surface area contributed by atoms with Crippen LogP contribution in [-0.4, -0.2) is 37.7 Å². The second kappa shape index (κ2) is 13.0. The molecule has 0 bridgehead atoms. The molecule has 0 unspecified atom stereocenters. The van der Waals surface area contributed by atoms with Gasteiger partial charge in [0.05, 0.1) is 4.90 Å². The van der Waals surface area contributed by atoms with Gasteiger partial charge in [-0.15, -0.1) is 16.2 Å². The number of nitrogens with zero attached hydrogens (tertiary/aromatic N) is 4. The molecule has 0 atom stereocenters. The lowest BCUT2D eigenvalue weighted by molar-refractivity contribution is 0.594. The van der Waals surface area contributed by atoms with Crippen LogP contribution < -0.4 is 27.0 Å². The maximum absolute atomic E-state index is 13.2. The molecule has 0 amide bonds. The number of sulfonamides is 2. The van der Waals surface area contributed by atoms with Crippen LogP contribution >= 0.6 is 23.4 Å². The van der Waals surface area contributed by atoms with Crippen LogP contribution in [0.4, 0.5) is 17.6 Å². The molecule has 0 radical (unpaired) electrons. The molecule has 0 spiro atoms. The van der Waals surface area contributed by atoms with Crippen LogP contribution in [0.25, 0.3) is 10.8 Å². The van der Waals surface area contributed by atoms with E-state index in [9.17, 15) is 16.8 Å². The first kappa shape index (κ1) is 31.0. The number of fused-ring (bicyclic) bond motifs is 1. The molecule has 226 valence electrons. The summed E-state index contributed by atoms with van der Waals surface area (Å²) in [5, 5.41) is 9.93. The van der Waals surface area contributed by atoms with E-state index in [0.717, 1.165) is 16.3 Å². The lowest BCUT2D eigenvalue weighted by Crippen LogP contribution is -2.37. The van der Waals surface area contributed by atoms with Gasteiger partial charge in [-0.3, -0.25) is 10.9 Å².